The summed E-state index contributed by atoms with van der Waals surface area (Å²) >= 11 is 0. The summed E-state index contributed by atoms with van der Waals surface area (Å²) in [5.74, 6) is 0. The normalized spacial score (nSPS) is 9.15. The first-order valence-electron chi connectivity index (χ1n) is 5.03. The molecular weight excluding hydrogens is 162 g/mol. The van der Waals surface area contributed by atoms with Crippen molar-refractivity contribution in [2.45, 2.75) is 33.6 Å². The Morgan fingerprint density at radius 3 is 2.54 bits per heavy atom. The lowest BCUT2D eigenvalue weighted by Crippen LogP contribution is -2.16. The van der Waals surface area contributed by atoms with Gasteiger partial charge in [-0.15, -0.1) is 0 Å². The lowest BCUT2D eigenvalue weighted by Gasteiger charge is -1.97. The van der Waals surface area contributed by atoms with Crippen molar-refractivity contribution in [3.8, 4) is 0 Å². The second-order valence-corrected chi connectivity index (χ2v) is 2.89. The van der Waals surface area contributed by atoms with E-state index >= 15 is 0 Å². The zero-order valence-electron chi connectivity index (χ0n) is 8.93. The molecule has 0 aliphatic rings. The number of likely N-dealkylation sites (N-methyl/N-ethyl adjacent to an activating group) is 1. The molecule has 0 unspecified atom stereocenters. The van der Waals surface area contributed by atoms with Crippen LogP contribution in [0.15, 0.2) is 12.5 Å². The third-order valence-electron chi connectivity index (χ3n) is 1.38. The number of hydrogen-bond donors (Lipinski definition) is 2. The SMILES string of the molecule is CCC.CCNCCc1cnc[nH]1. The summed E-state index contributed by atoms with van der Waals surface area (Å²) < 4.78 is 0. The summed E-state index contributed by atoms with van der Waals surface area (Å²) in [7, 11) is 0. The summed E-state index contributed by atoms with van der Waals surface area (Å²) in [4.78, 5) is 6.96. The van der Waals surface area contributed by atoms with E-state index in [1.165, 1.54) is 12.1 Å². The molecule has 0 bridgehead atoms. The molecule has 0 fully saturated rings. The number of aromatic amines is 1. The molecule has 1 rings (SSSR count). The van der Waals surface area contributed by atoms with Crippen molar-refractivity contribution in [3.05, 3.63) is 18.2 Å². The van der Waals surface area contributed by atoms with Crippen LogP contribution >= 0.6 is 0 Å². The van der Waals surface area contributed by atoms with Crippen LogP contribution in [0.4, 0.5) is 0 Å². The van der Waals surface area contributed by atoms with Crippen LogP contribution < -0.4 is 5.32 Å². The Bertz CT molecular complexity index is 170. The van der Waals surface area contributed by atoms with E-state index in [2.05, 4.69) is 36.1 Å². The first-order valence-corrected chi connectivity index (χ1v) is 5.03. The molecule has 3 heteroatoms. The van der Waals surface area contributed by atoms with Gasteiger partial charge in [-0.05, 0) is 6.54 Å². The maximum atomic E-state index is 3.92. The average molecular weight is 183 g/mol. The van der Waals surface area contributed by atoms with Gasteiger partial charge in [0.2, 0.25) is 0 Å². The molecule has 0 saturated heterocycles. The number of hydrogen-bond acceptors (Lipinski definition) is 2. The van der Waals surface area contributed by atoms with Crippen molar-refractivity contribution in [2.75, 3.05) is 13.1 Å². The molecule has 0 spiro atoms. The Kier molecular flexibility index (Phi) is 8.67. The summed E-state index contributed by atoms with van der Waals surface area (Å²) in [5.41, 5.74) is 1.20. The largest absolute Gasteiger partial charge is 0.348 e. The number of nitrogens with zero attached hydrogens (tertiary/aromatic N) is 1. The third kappa shape index (κ3) is 7.53. The standard InChI is InChI=1S/C7H13N3.C3H8/c1-2-8-4-3-7-5-9-6-10-7;1-3-2/h5-6,8H,2-4H2,1H3,(H,9,10);3H2,1-2H3. The van der Waals surface area contributed by atoms with Gasteiger partial charge in [-0.25, -0.2) is 4.98 Å². The Morgan fingerprint density at radius 2 is 2.08 bits per heavy atom. The Morgan fingerprint density at radius 1 is 1.38 bits per heavy atom. The van der Waals surface area contributed by atoms with Crippen LogP contribution in [-0.2, 0) is 6.42 Å². The Balaban J connectivity index is 0.000000424. The molecule has 0 aliphatic heterocycles. The van der Waals surface area contributed by atoms with Crippen molar-refractivity contribution in [2.24, 2.45) is 0 Å². The number of H-pyrrole nitrogens is 1. The highest BCUT2D eigenvalue weighted by molar-refractivity contribution is 4.94. The van der Waals surface area contributed by atoms with Crippen LogP contribution in [0.3, 0.4) is 0 Å². The Hall–Kier alpha value is -0.830. The van der Waals surface area contributed by atoms with E-state index in [4.69, 9.17) is 0 Å². The van der Waals surface area contributed by atoms with E-state index in [1.54, 1.807) is 6.33 Å². The van der Waals surface area contributed by atoms with E-state index in [0.717, 1.165) is 19.5 Å². The predicted molar refractivity (Wildman–Crippen MR) is 56.8 cm³/mol. The fraction of sp³-hybridized carbons (Fsp3) is 0.700. The molecule has 2 N–H and O–H groups in total. The first kappa shape index (κ1) is 12.2. The summed E-state index contributed by atoms with van der Waals surface area (Å²) in [6.45, 7) is 8.42. The molecule has 0 aliphatic carbocycles. The van der Waals surface area contributed by atoms with Crippen molar-refractivity contribution in [3.63, 3.8) is 0 Å². The molecular formula is C10H21N3. The van der Waals surface area contributed by atoms with E-state index in [1.807, 2.05) is 6.20 Å². The summed E-state index contributed by atoms with van der Waals surface area (Å²) in [6.07, 6.45) is 5.85. The minimum Gasteiger partial charge on any atom is -0.348 e. The molecule has 0 aromatic carbocycles. The van der Waals surface area contributed by atoms with Gasteiger partial charge in [-0.3, -0.25) is 0 Å². The van der Waals surface area contributed by atoms with Gasteiger partial charge in [0, 0.05) is 24.9 Å². The van der Waals surface area contributed by atoms with E-state index in [0.29, 0.717) is 0 Å². The quantitative estimate of drug-likeness (QED) is 0.701. The summed E-state index contributed by atoms with van der Waals surface area (Å²) in [6, 6.07) is 0. The van der Waals surface area contributed by atoms with Crippen LogP contribution in [0, 0.1) is 0 Å². The molecule has 0 amide bonds. The van der Waals surface area contributed by atoms with E-state index in [9.17, 15) is 0 Å². The molecule has 1 aromatic rings. The van der Waals surface area contributed by atoms with Crippen molar-refractivity contribution >= 4 is 0 Å². The van der Waals surface area contributed by atoms with Crippen LogP contribution in [0.25, 0.3) is 0 Å². The zero-order valence-corrected chi connectivity index (χ0v) is 8.93. The van der Waals surface area contributed by atoms with Crippen LogP contribution in [0.1, 0.15) is 32.9 Å². The molecule has 76 valence electrons. The molecule has 0 radical (unpaired) electrons. The second-order valence-electron chi connectivity index (χ2n) is 2.89. The zero-order chi connectivity index (χ0) is 9.94. The van der Waals surface area contributed by atoms with Gasteiger partial charge in [0.1, 0.15) is 0 Å². The molecule has 1 heterocycles. The van der Waals surface area contributed by atoms with Gasteiger partial charge in [-0.1, -0.05) is 27.2 Å². The maximum absolute atomic E-state index is 3.92. The van der Waals surface area contributed by atoms with Crippen molar-refractivity contribution < 1.29 is 0 Å². The van der Waals surface area contributed by atoms with Crippen LogP contribution in [0.5, 0.6) is 0 Å². The first-order chi connectivity index (χ1) is 6.35. The average Bonchev–Trinajstić information content (AvgIpc) is 2.59. The van der Waals surface area contributed by atoms with Crippen molar-refractivity contribution in [1.29, 1.82) is 0 Å². The molecule has 0 atom stereocenters. The minimum absolute atomic E-state index is 1.03. The van der Waals surface area contributed by atoms with E-state index < -0.39 is 0 Å². The van der Waals surface area contributed by atoms with Gasteiger partial charge >= 0.3 is 0 Å². The fourth-order valence-corrected chi connectivity index (χ4v) is 0.821. The predicted octanol–water partition coefficient (Wildman–Crippen LogP) is 1.98. The fourth-order valence-electron chi connectivity index (χ4n) is 0.821. The van der Waals surface area contributed by atoms with Gasteiger partial charge in [0.15, 0.2) is 0 Å². The Labute approximate surface area is 81.0 Å². The lowest BCUT2D eigenvalue weighted by molar-refractivity contribution is 0.710. The molecule has 1 aromatic heterocycles. The number of nitrogens with one attached hydrogen (secondary N) is 2. The highest BCUT2D eigenvalue weighted by atomic mass is 14.9. The van der Waals surface area contributed by atoms with E-state index in [-0.39, 0.29) is 0 Å². The lowest BCUT2D eigenvalue weighted by atomic mass is 10.3. The second kappa shape index (κ2) is 9.26. The number of imidazole rings is 1. The maximum Gasteiger partial charge on any atom is 0.0921 e. The third-order valence-corrected chi connectivity index (χ3v) is 1.38. The van der Waals surface area contributed by atoms with Crippen molar-refractivity contribution in [1.82, 2.24) is 15.3 Å². The van der Waals surface area contributed by atoms with Crippen LogP contribution in [0.2, 0.25) is 0 Å². The van der Waals surface area contributed by atoms with Gasteiger partial charge in [-0.2, -0.15) is 0 Å². The molecule has 3 nitrogen and oxygen atoms in total. The number of aromatic nitrogens is 2. The minimum atomic E-state index is 1.03. The monoisotopic (exact) mass is 183 g/mol. The van der Waals surface area contributed by atoms with Gasteiger partial charge < -0.3 is 10.3 Å². The highest BCUT2D eigenvalue weighted by Gasteiger charge is 1.90. The topological polar surface area (TPSA) is 40.7 Å². The molecule has 0 saturated carbocycles. The molecule has 13 heavy (non-hydrogen) atoms. The van der Waals surface area contributed by atoms with Gasteiger partial charge in [0.05, 0.1) is 6.33 Å². The van der Waals surface area contributed by atoms with Crippen LogP contribution in [-0.4, -0.2) is 23.1 Å². The van der Waals surface area contributed by atoms with Gasteiger partial charge in [0.25, 0.3) is 0 Å². The summed E-state index contributed by atoms with van der Waals surface area (Å²) in [5, 5.41) is 3.24. The number of rotatable bonds is 4. The highest BCUT2D eigenvalue weighted by Crippen LogP contribution is 1.89. The smallest absolute Gasteiger partial charge is 0.0921 e.